The van der Waals surface area contributed by atoms with Crippen LogP contribution in [0.3, 0.4) is 0 Å². The van der Waals surface area contributed by atoms with Gasteiger partial charge in [0.1, 0.15) is 6.04 Å². The molecule has 0 saturated heterocycles. The van der Waals surface area contributed by atoms with Gasteiger partial charge >= 0.3 is 5.96 Å². The van der Waals surface area contributed by atoms with Crippen LogP contribution in [0.2, 0.25) is 0 Å². The Morgan fingerprint density at radius 3 is 2.25 bits per heavy atom. The Morgan fingerprint density at radius 2 is 1.60 bits per heavy atom. The second-order valence-electron chi connectivity index (χ2n) is 4.80. The van der Waals surface area contributed by atoms with Gasteiger partial charge in [0.05, 0.1) is 0 Å². The van der Waals surface area contributed by atoms with Gasteiger partial charge in [0.25, 0.3) is 0 Å². The maximum Gasteiger partial charge on any atom is 0.342 e. The van der Waals surface area contributed by atoms with Crippen LogP contribution in [0.25, 0.3) is 0 Å². The summed E-state index contributed by atoms with van der Waals surface area (Å²) in [5.41, 5.74) is 7.53. The fourth-order valence-electron chi connectivity index (χ4n) is 2.48. The molecule has 2 atom stereocenters. The number of nitrogens with two attached hydrogens (primary N) is 1. The van der Waals surface area contributed by atoms with Crippen molar-refractivity contribution in [1.29, 1.82) is 0 Å². The van der Waals surface area contributed by atoms with Crippen molar-refractivity contribution in [1.82, 2.24) is 5.32 Å². The van der Waals surface area contributed by atoms with Gasteiger partial charge in [-0.15, -0.1) is 0 Å². The monoisotopic (exact) mass is 266 g/mol. The average molecular weight is 266 g/mol. The molecule has 4 nitrogen and oxygen atoms in total. The Hall–Kier alpha value is -2.62. The minimum Gasteiger partial charge on any atom is -0.291 e. The van der Waals surface area contributed by atoms with Crippen molar-refractivity contribution in [3.05, 3.63) is 71.8 Å². The van der Waals surface area contributed by atoms with Gasteiger partial charge in [-0.05, 0) is 5.56 Å². The maximum absolute atomic E-state index is 12.6. The highest BCUT2D eigenvalue weighted by Gasteiger charge is 2.39. The van der Waals surface area contributed by atoms with Gasteiger partial charge in [-0.1, -0.05) is 60.7 Å². The molecule has 0 radical (unpaired) electrons. The predicted octanol–water partition coefficient (Wildman–Crippen LogP) is -0.0223. The molecule has 2 aromatic rings. The second-order valence-corrected chi connectivity index (χ2v) is 4.80. The first-order valence-electron chi connectivity index (χ1n) is 6.55. The lowest BCUT2D eigenvalue weighted by Crippen LogP contribution is -2.74. The summed E-state index contributed by atoms with van der Waals surface area (Å²) in [6, 6.07) is 18.6. The zero-order valence-corrected chi connectivity index (χ0v) is 10.9. The van der Waals surface area contributed by atoms with E-state index in [9.17, 15) is 4.79 Å². The number of nitrogens with one attached hydrogen (secondary N) is 2. The zero-order valence-electron chi connectivity index (χ0n) is 10.9. The van der Waals surface area contributed by atoms with Crippen molar-refractivity contribution in [2.45, 2.75) is 12.1 Å². The zero-order chi connectivity index (χ0) is 13.9. The lowest BCUT2D eigenvalue weighted by atomic mass is 9.94. The fraction of sp³-hybridized carbons (Fsp3) is 0.125. The molecule has 0 bridgehead atoms. The molecule has 0 saturated carbocycles. The largest absolute Gasteiger partial charge is 0.342 e. The van der Waals surface area contributed by atoms with Crippen molar-refractivity contribution in [2.75, 3.05) is 0 Å². The summed E-state index contributed by atoms with van der Waals surface area (Å²) in [4.78, 5) is 15.7. The van der Waals surface area contributed by atoms with Crippen LogP contribution in [0.15, 0.2) is 60.7 Å². The van der Waals surface area contributed by atoms with Crippen molar-refractivity contribution < 1.29 is 9.79 Å². The van der Waals surface area contributed by atoms with Crippen LogP contribution in [0.5, 0.6) is 0 Å². The van der Waals surface area contributed by atoms with E-state index in [4.69, 9.17) is 5.73 Å². The number of hydrogen-bond acceptors (Lipinski definition) is 3. The van der Waals surface area contributed by atoms with E-state index in [1.54, 1.807) is 0 Å². The minimum atomic E-state index is -0.389. The van der Waals surface area contributed by atoms with E-state index >= 15 is 0 Å². The average Bonchev–Trinajstić information content (AvgIpc) is 2.90. The summed E-state index contributed by atoms with van der Waals surface area (Å²) < 4.78 is 0. The number of ketones is 1. The molecule has 4 heteroatoms. The Balaban J connectivity index is 1.92. The number of rotatable bonds is 3. The van der Waals surface area contributed by atoms with E-state index in [-0.39, 0.29) is 17.9 Å². The SMILES string of the molecule is NC1=[NH+][C@@H](c2ccccc2)[C@H](C(=O)c2ccccc2)N1. The highest BCUT2D eigenvalue weighted by Crippen LogP contribution is 2.17. The first-order valence-corrected chi connectivity index (χ1v) is 6.55. The lowest BCUT2D eigenvalue weighted by Gasteiger charge is -2.14. The molecule has 4 N–H and O–H groups in total. The molecule has 0 spiro atoms. The summed E-state index contributed by atoms with van der Waals surface area (Å²) >= 11 is 0. The van der Waals surface area contributed by atoms with Crippen molar-refractivity contribution in [3.8, 4) is 0 Å². The van der Waals surface area contributed by atoms with Gasteiger partial charge in [0.15, 0.2) is 6.04 Å². The smallest absolute Gasteiger partial charge is 0.291 e. The Labute approximate surface area is 117 Å². The second kappa shape index (κ2) is 5.17. The summed E-state index contributed by atoms with van der Waals surface area (Å²) in [7, 11) is 0. The first kappa shape index (κ1) is 12.4. The summed E-state index contributed by atoms with van der Waals surface area (Å²) in [5, 5.41) is 3.03. The molecule has 100 valence electrons. The third-order valence-corrected chi connectivity index (χ3v) is 3.45. The first-order chi connectivity index (χ1) is 9.75. The quantitative estimate of drug-likeness (QED) is 0.684. The molecule has 0 fully saturated rings. The van der Waals surface area contributed by atoms with Crippen LogP contribution in [-0.2, 0) is 0 Å². The number of Topliss-reactive ketones (excluding diaryl/α,β-unsaturated/α-hetero) is 1. The molecule has 0 aromatic heterocycles. The fourth-order valence-corrected chi connectivity index (χ4v) is 2.48. The highest BCUT2D eigenvalue weighted by molar-refractivity contribution is 6.02. The normalized spacial score (nSPS) is 21.1. The molecule has 1 heterocycles. The predicted molar refractivity (Wildman–Crippen MR) is 77.0 cm³/mol. The van der Waals surface area contributed by atoms with Crippen LogP contribution < -0.4 is 16.0 Å². The Bertz CT molecular complexity index is 637. The number of carbonyl (C=O) groups is 1. The molecule has 0 unspecified atom stereocenters. The van der Waals surface area contributed by atoms with E-state index in [1.165, 1.54) is 0 Å². The van der Waals surface area contributed by atoms with Gasteiger partial charge < -0.3 is 0 Å². The van der Waals surface area contributed by atoms with Crippen LogP contribution in [0.4, 0.5) is 0 Å². The topological polar surface area (TPSA) is 69.1 Å². The Kier molecular flexibility index (Phi) is 3.21. The summed E-state index contributed by atoms with van der Waals surface area (Å²) in [6.45, 7) is 0. The van der Waals surface area contributed by atoms with Crippen molar-refractivity contribution >= 4 is 11.7 Å². The van der Waals surface area contributed by atoms with Gasteiger partial charge in [0.2, 0.25) is 5.78 Å². The standard InChI is InChI=1S/C16H15N3O/c17-16-18-13(11-7-3-1-4-8-11)14(19-16)15(20)12-9-5-2-6-10-12/h1-10,13-14H,(H3,17,18,19)/p+1/t13-,14+/m0/s1. The van der Waals surface area contributed by atoms with E-state index in [1.807, 2.05) is 60.7 Å². The van der Waals surface area contributed by atoms with E-state index in [0.29, 0.717) is 11.5 Å². The maximum atomic E-state index is 12.6. The van der Waals surface area contributed by atoms with Crippen LogP contribution in [0.1, 0.15) is 22.0 Å². The molecular weight excluding hydrogens is 250 g/mol. The minimum absolute atomic E-state index is 0.0346. The van der Waals surface area contributed by atoms with E-state index in [0.717, 1.165) is 5.56 Å². The molecule has 2 aromatic carbocycles. The van der Waals surface area contributed by atoms with E-state index in [2.05, 4.69) is 10.3 Å². The molecule has 3 rings (SSSR count). The van der Waals surface area contributed by atoms with Gasteiger partial charge in [-0.25, -0.2) is 0 Å². The number of carbonyl (C=O) groups excluding carboxylic acids is 1. The van der Waals surface area contributed by atoms with E-state index < -0.39 is 0 Å². The van der Waals surface area contributed by atoms with Crippen LogP contribution in [0, 0.1) is 0 Å². The van der Waals surface area contributed by atoms with Gasteiger partial charge in [0, 0.05) is 5.56 Å². The molecule has 1 aliphatic heterocycles. The number of hydrogen-bond donors (Lipinski definition) is 3. The van der Waals surface area contributed by atoms with Crippen LogP contribution in [-0.4, -0.2) is 17.8 Å². The van der Waals surface area contributed by atoms with Crippen molar-refractivity contribution in [3.63, 3.8) is 0 Å². The molecular formula is C16H16N3O+. The third-order valence-electron chi connectivity index (χ3n) is 3.45. The number of benzene rings is 2. The molecule has 0 aliphatic carbocycles. The van der Waals surface area contributed by atoms with Crippen LogP contribution >= 0.6 is 0 Å². The van der Waals surface area contributed by atoms with Gasteiger partial charge in [-0.2, -0.15) is 0 Å². The highest BCUT2D eigenvalue weighted by atomic mass is 16.1. The van der Waals surface area contributed by atoms with Crippen molar-refractivity contribution in [2.24, 2.45) is 5.73 Å². The molecule has 20 heavy (non-hydrogen) atoms. The third kappa shape index (κ3) is 2.28. The molecule has 1 aliphatic rings. The lowest BCUT2D eigenvalue weighted by molar-refractivity contribution is -0.500. The van der Waals surface area contributed by atoms with Gasteiger partial charge in [-0.3, -0.25) is 20.8 Å². The summed E-state index contributed by atoms with van der Waals surface area (Å²) in [6.07, 6.45) is 0. The summed E-state index contributed by atoms with van der Waals surface area (Å²) in [5.74, 6) is 0.473. The number of guanidine groups is 1. The molecule has 0 amide bonds. The Morgan fingerprint density at radius 1 is 1.00 bits per heavy atom.